The van der Waals surface area contributed by atoms with E-state index < -0.39 is 6.10 Å². The Bertz CT molecular complexity index is 339. The second-order valence-corrected chi connectivity index (χ2v) is 4.67. The van der Waals surface area contributed by atoms with Crippen molar-refractivity contribution in [1.29, 1.82) is 0 Å². The van der Waals surface area contributed by atoms with Gasteiger partial charge in [-0.2, -0.15) is 0 Å². The molecule has 3 N–H and O–H groups in total. The van der Waals surface area contributed by atoms with Gasteiger partial charge in [-0.05, 0) is 31.4 Å². The Morgan fingerprint density at radius 3 is 2.71 bits per heavy atom. The summed E-state index contributed by atoms with van der Waals surface area (Å²) in [6.45, 7) is 2.01. The molecule has 1 aromatic rings. The molecule has 0 aliphatic carbocycles. The molecule has 0 bridgehead atoms. The van der Waals surface area contributed by atoms with Gasteiger partial charge >= 0.3 is 0 Å². The molecule has 0 saturated heterocycles. The highest BCUT2D eigenvalue weighted by Crippen LogP contribution is 2.21. The third kappa shape index (κ3) is 4.26. The molecule has 0 fully saturated rings. The molecule has 0 spiro atoms. The van der Waals surface area contributed by atoms with Crippen LogP contribution in [0.15, 0.2) is 18.2 Å². The normalized spacial score (nSPS) is 14.6. The number of halogens is 2. The molecule has 0 aliphatic heterocycles. The van der Waals surface area contributed by atoms with Crippen molar-refractivity contribution < 1.29 is 9.50 Å². The highest BCUT2D eigenvalue weighted by molar-refractivity contribution is 6.31. The van der Waals surface area contributed by atoms with Crippen LogP contribution in [0.4, 0.5) is 4.39 Å². The van der Waals surface area contributed by atoms with Crippen LogP contribution in [0.3, 0.4) is 0 Å². The van der Waals surface area contributed by atoms with Crippen molar-refractivity contribution in [2.45, 2.75) is 44.8 Å². The number of aliphatic hydroxyl groups is 1. The van der Waals surface area contributed by atoms with Crippen LogP contribution in [0, 0.1) is 5.82 Å². The number of aliphatic hydroxyl groups excluding tert-OH is 1. The lowest BCUT2D eigenvalue weighted by molar-refractivity contribution is 0.130. The topological polar surface area (TPSA) is 46.2 Å². The van der Waals surface area contributed by atoms with Crippen molar-refractivity contribution >= 4 is 11.6 Å². The van der Waals surface area contributed by atoms with Crippen LogP contribution in [0.2, 0.25) is 5.02 Å². The number of rotatable bonds is 6. The molecule has 17 heavy (non-hydrogen) atoms. The van der Waals surface area contributed by atoms with E-state index in [0.717, 1.165) is 12.8 Å². The van der Waals surface area contributed by atoms with Gasteiger partial charge in [0.15, 0.2) is 0 Å². The molecule has 4 heteroatoms. The van der Waals surface area contributed by atoms with Gasteiger partial charge < -0.3 is 10.8 Å². The van der Waals surface area contributed by atoms with E-state index in [-0.39, 0.29) is 11.9 Å². The first kappa shape index (κ1) is 14.4. The van der Waals surface area contributed by atoms with Gasteiger partial charge in [0, 0.05) is 16.6 Å². The smallest absolute Gasteiger partial charge is 0.127 e. The van der Waals surface area contributed by atoms with E-state index >= 15 is 0 Å². The van der Waals surface area contributed by atoms with Crippen molar-refractivity contribution in [2.75, 3.05) is 0 Å². The minimum atomic E-state index is -0.606. The van der Waals surface area contributed by atoms with Gasteiger partial charge in [0.1, 0.15) is 5.82 Å². The summed E-state index contributed by atoms with van der Waals surface area (Å²) in [5.41, 5.74) is 6.25. The first-order valence-electron chi connectivity index (χ1n) is 5.92. The number of benzene rings is 1. The maximum atomic E-state index is 13.5. The Balaban J connectivity index is 2.55. The molecule has 96 valence electrons. The zero-order chi connectivity index (χ0) is 12.8. The molecule has 0 amide bonds. The summed E-state index contributed by atoms with van der Waals surface area (Å²) >= 11 is 5.90. The molecule has 1 rings (SSSR count). The van der Waals surface area contributed by atoms with E-state index in [1.807, 2.05) is 6.92 Å². The summed E-state index contributed by atoms with van der Waals surface area (Å²) in [4.78, 5) is 0. The Hall–Kier alpha value is -0.640. The molecule has 0 radical (unpaired) electrons. The molecule has 0 saturated carbocycles. The molecule has 0 heterocycles. The fourth-order valence-corrected chi connectivity index (χ4v) is 2.06. The lowest BCUT2D eigenvalue weighted by Gasteiger charge is -2.18. The minimum absolute atomic E-state index is 0.245. The Morgan fingerprint density at radius 1 is 1.41 bits per heavy atom. The third-order valence-corrected chi connectivity index (χ3v) is 3.22. The fraction of sp³-hybridized carbons (Fsp3) is 0.538. The lowest BCUT2D eigenvalue weighted by Crippen LogP contribution is -2.34. The van der Waals surface area contributed by atoms with E-state index in [2.05, 4.69) is 0 Å². The van der Waals surface area contributed by atoms with Crippen LogP contribution in [0.5, 0.6) is 0 Å². The van der Waals surface area contributed by atoms with Gasteiger partial charge in [0.2, 0.25) is 0 Å². The van der Waals surface area contributed by atoms with Crippen molar-refractivity contribution in [2.24, 2.45) is 5.73 Å². The monoisotopic (exact) mass is 259 g/mol. The van der Waals surface area contributed by atoms with E-state index in [1.165, 1.54) is 6.07 Å². The third-order valence-electron chi connectivity index (χ3n) is 2.87. The quantitative estimate of drug-likeness (QED) is 0.825. The van der Waals surface area contributed by atoms with E-state index in [0.29, 0.717) is 23.4 Å². The summed E-state index contributed by atoms with van der Waals surface area (Å²) in [7, 11) is 0. The van der Waals surface area contributed by atoms with Crippen LogP contribution in [-0.2, 0) is 6.42 Å². The Morgan fingerprint density at radius 2 is 2.12 bits per heavy atom. The maximum absolute atomic E-state index is 13.5. The van der Waals surface area contributed by atoms with Gasteiger partial charge in [-0.3, -0.25) is 0 Å². The summed E-state index contributed by atoms with van der Waals surface area (Å²) in [6, 6.07) is 4.35. The first-order valence-corrected chi connectivity index (χ1v) is 6.30. The zero-order valence-electron chi connectivity index (χ0n) is 10.00. The van der Waals surface area contributed by atoms with Gasteiger partial charge in [-0.25, -0.2) is 4.39 Å². The summed E-state index contributed by atoms with van der Waals surface area (Å²) in [5.74, 6) is -0.325. The summed E-state index contributed by atoms with van der Waals surface area (Å²) in [6.07, 6.45) is 1.93. The highest BCUT2D eigenvalue weighted by Gasteiger charge is 2.15. The maximum Gasteiger partial charge on any atom is 0.127 e. The predicted octanol–water partition coefficient (Wildman–Crippen LogP) is 2.90. The van der Waals surface area contributed by atoms with Gasteiger partial charge in [0.25, 0.3) is 0 Å². The van der Waals surface area contributed by atoms with Crippen LogP contribution in [-0.4, -0.2) is 17.3 Å². The van der Waals surface area contributed by atoms with Crippen LogP contribution >= 0.6 is 11.6 Å². The van der Waals surface area contributed by atoms with Crippen LogP contribution in [0.25, 0.3) is 0 Å². The summed E-state index contributed by atoms with van der Waals surface area (Å²) < 4.78 is 13.5. The summed E-state index contributed by atoms with van der Waals surface area (Å²) in [5, 5.41) is 10.2. The standard InChI is InChI=1S/C13H19ClFNO/c1-2-4-12(16)13(17)8-7-9-10(14)5-3-6-11(9)15/h3,5-6,12-13,17H,2,4,7-8,16H2,1H3. The van der Waals surface area contributed by atoms with Crippen molar-refractivity contribution in [1.82, 2.24) is 0 Å². The number of hydrogen-bond acceptors (Lipinski definition) is 2. The highest BCUT2D eigenvalue weighted by atomic mass is 35.5. The molecule has 0 aromatic heterocycles. The second-order valence-electron chi connectivity index (χ2n) is 4.26. The number of nitrogens with two attached hydrogens (primary N) is 1. The van der Waals surface area contributed by atoms with E-state index in [1.54, 1.807) is 12.1 Å². The van der Waals surface area contributed by atoms with Gasteiger partial charge in [-0.15, -0.1) is 0 Å². The van der Waals surface area contributed by atoms with E-state index in [9.17, 15) is 9.50 Å². The first-order chi connectivity index (χ1) is 8.06. The number of hydrogen-bond donors (Lipinski definition) is 2. The molecule has 0 aliphatic rings. The van der Waals surface area contributed by atoms with Crippen molar-refractivity contribution in [3.8, 4) is 0 Å². The Labute approximate surface area is 107 Å². The molecular weight excluding hydrogens is 241 g/mol. The van der Waals surface area contributed by atoms with Crippen LogP contribution < -0.4 is 5.73 Å². The van der Waals surface area contributed by atoms with E-state index in [4.69, 9.17) is 17.3 Å². The lowest BCUT2D eigenvalue weighted by atomic mass is 9.99. The van der Waals surface area contributed by atoms with Gasteiger partial charge in [0.05, 0.1) is 6.10 Å². The molecule has 2 nitrogen and oxygen atoms in total. The minimum Gasteiger partial charge on any atom is -0.392 e. The average Bonchev–Trinajstić information content (AvgIpc) is 2.28. The molecule has 2 atom stereocenters. The second kappa shape index (κ2) is 6.94. The fourth-order valence-electron chi connectivity index (χ4n) is 1.80. The average molecular weight is 260 g/mol. The van der Waals surface area contributed by atoms with Gasteiger partial charge in [-0.1, -0.05) is 31.0 Å². The van der Waals surface area contributed by atoms with Crippen molar-refractivity contribution in [3.63, 3.8) is 0 Å². The largest absolute Gasteiger partial charge is 0.392 e. The predicted molar refractivity (Wildman–Crippen MR) is 68.6 cm³/mol. The zero-order valence-corrected chi connectivity index (χ0v) is 10.8. The van der Waals surface area contributed by atoms with Crippen molar-refractivity contribution in [3.05, 3.63) is 34.6 Å². The molecule has 2 unspecified atom stereocenters. The Kier molecular flexibility index (Phi) is 5.89. The SMILES string of the molecule is CCCC(N)C(O)CCc1c(F)cccc1Cl. The molecular formula is C13H19ClFNO. The van der Waals surface area contributed by atoms with Crippen LogP contribution in [0.1, 0.15) is 31.7 Å². The molecule has 1 aromatic carbocycles.